The highest BCUT2D eigenvalue weighted by molar-refractivity contribution is 7.92. The zero-order valence-corrected chi connectivity index (χ0v) is 15.4. The molecule has 0 spiro atoms. The minimum atomic E-state index is -3.94. The second kappa shape index (κ2) is 7.62. The molecule has 0 fully saturated rings. The first-order valence-electron chi connectivity index (χ1n) is 7.09. The van der Waals surface area contributed by atoms with E-state index >= 15 is 0 Å². The van der Waals surface area contributed by atoms with Gasteiger partial charge < -0.3 is 14.8 Å². The number of ether oxygens (including phenoxy) is 2. The molecule has 2 N–H and O–H groups in total. The first-order valence-corrected chi connectivity index (χ1v) is 8.95. The average molecular weight is 385 g/mol. The Kier molecular flexibility index (Phi) is 5.76. The van der Waals surface area contributed by atoms with Crippen LogP contribution in [0.15, 0.2) is 41.3 Å². The van der Waals surface area contributed by atoms with E-state index < -0.39 is 10.0 Å². The molecule has 0 aromatic heterocycles. The number of methoxy groups -OCH3 is 2. The topological polar surface area (TPSA) is 93.7 Å². The molecule has 1 amide bonds. The van der Waals surface area contributed by atoms with Crippen LogP contribution < -0.4 is 19.5 Å². The minimum Gasteiger partial charge on any atom is -0.497 e. The number of hydrogen-bond acceptors (Lipinski definition) is 5. The predicted molar refractivity (Wildman–Crippen MR) is 96.1 cm³/mol. The Labute approximate surface area is 151 Å². The maximum absolute atomic E-state index is 12.7. The molecule has 7 nitrogen and oxygen atoms in total. The number of carbonyl (C=O) groups is 1. The van der Waals surface area contributed by atoms with Gasteiger partial charge in [0.05, 0.1) is 30.6 Å². The van der Waals surface area contributed by atoms with Gasteiger partial charge in [0.15, 0.2) is 0 Å². The fourth-order valence-corrected chi connectivity index (χ4v) is 3.54. The third-order valence-electron chi connectivity index (χ3n) is 3.19. The predicted octanol–water partition coefficient (Wildman–Crippen LogP) is 3.12. The number of nitrogens with one attached hydrogen (secondary N) is 2. The van der Waals surface area contributed by atoms with Crippen molar-refractivity contribution >= 4 is 38.9 Å². The fourth-order valence-electron chi connectivity index (χ4n) is 2.07. The average Bonchev–Trinajstić information content (AvgIpc) is 2.56. The summed E-state index contributed by atoms with van der Waals surface area (Å²) in [5.41, 5.74) is 0.625. The lowest BCUT2D eigenvalue weighted by atomic mass is 10.3. The lowest BCUT2D eigenvalue weighted by Crippen LogP contribution is -2.14. The lowest BCUT2D eigenvalue weighted by molar-refractivity contribution is -0.114. The zero-order valence-electron chi connectivity index (χ0n) is 13.8. The van der Waals surface area contributed by atoms with Crippen molar-refractivity contribution in [3.63, 3.8) is 0 Å². The van der Waals surface area contributed by atoms with Crippen molar-refractivity contribution in [2.24, 2.45) is 0 Å². The molecule has 0 radical (unpaired) electrons. The summed E-state index contributed by atoms with van der Waals surface area (Å²) in [5, 5.41) is 2.75. The second-order valence-electron chi connectivity index (χ2n) is 5.00. The minimum absolute atomic E-state index is 0.0728. The SMILES string of the molecule is COc1ccc(OC)c(S(=O)(=O)Nc2ccc(NC(C)=O)c(Cl)c2)c1. The molecule has 9 heteroatoms. The molecule has 2 aromatic carbocycles. The van der Waals surface area contributed by atoms with Crippen molar-refractivity contribution in [2.45, 2.75) is 11.8 Å². The van der Waals surface area contributed by atoms with E-state index in [0.717, 1.165) is 0 Å². The van der Waals surface area contributed by atoms with Crippen LogP contribution in [0.2, 0.25) is 5.02 Å². The molecule has 0 aliphatic carbocycles. The molecule has 0 saturated carbocycles. The Morgan fingerprint density at radius 1 is 1.08 bits per heavy atom. The maximum Gasteiger partial charge on any atom is 0.265 e. The largest absolute Gasteiger partial charge is 0.497 e. The third-order valence-corrected chi connectivity index (χ3v) is 4.91. The van der Waals surface area contributed by atoms with Crippen LogP contribution in [0.4, 0.5) is 11.4 Å². The Hall–Kier alpha value is -2.45. The van der Waals surface area contributed by atoms with E-state index in [2.05, 4.69) is 10.0 Å². The number of anilines is 2. The van der Waals surface area contributed by atoms with E-state index in [1.165, 1.54) is 51.5 Å². The summed E-state index contributed by atoms with van der Waals surface area (Å²) in [7, 11) is -1.13. The van der Waals surface area contributed by atoms with Crippen LogP contribution in [0.5, 0.6) is 11.5 Å². The van der Waals surface area contributed by atoms with Gasteiger partial charge in [0.25, 0.3) is 10.0 Å². The molecule has 0 atom stereocenters. The number of carbonyl (C=O) groups excluding carboxylic acids is 1. The molecular formula is C16H17ClN2O5S. The van der Waals surface area contributed by atoms with E-state index in [-0.39, 0.29) is 27.3 Å². The van der Waals surface area contributed by atoms with Gasteiger partial charge in [-0.05, 0) is 30.3 Å². The van der Waals surface area contributed by atoms with E-state index in [1.807, 2.05) is 0 Å². The molecule has 0 saturated heterocycles. The van der Waals surface area contributed by atoms with Gasteiger partial charge in [-0.1, -0.05) is 11.6 Å². The Balaban J connectivity index is 2.36. The summed E-state index contributed by atoms with van der Waals surface area (Å²) in [4.78, 5) is 11.0. The summed E-state index contributed by atoms with van der Waals surface area (Å²) in [6, 6.07) is 8.84. The van der Waals surface area contributed by atoms with Gasteiger partial charge in [-0.3, -0.25) is 9.52 Å². The summed E-state index contributed by atoms with van der Waals surface area (Å²) in [5.74, 6) is 0.269. The zero-order chi connectivity index (χ0) is 18.6. The van der Waals surface area contributed by atoms with Crippen LogP contribution in [-0.2, 0) is 14.8 Å². The highest BCUT2D eigenvalue weighted by Crippen LogP contribution is 2.31. The van der Waals surface area contributed by atoms with Crippen molar-refractivity contribution in [1.29, 1.82) is 0 Å². The summed E-state index contributed by atoms with van der Waals surface area (Å²) >= 11 is 6.06. The smallest absolute Gasteiger partial charge is 0.265 e. The molecule has 0 heterocycles. The summed E-state index contributed by atoms with van der Waals surface area (Å²) < 4.78 is 37.9. The van der Waals surface area contributed by atoms with Crippen LogP contribution in [0.3, 0.4) is 0 Å². The fraction of sp³-hybridized carbons (Fsp3) is 0.188. The molecule has 25 heavy (non-hydrogen) atoms. The standard InChI is InChI=1S/C16H17ClN2O5S/c1-10(20)18-14-6-4-11(8-13(14)17)19-25(21,22)16-9-12(23-2)5-7-15(16)24-3/h4-9,19H,1-3H3,(H,18,20). The molecule has 2 aromatic rings. The first kappa shape index (κ1) is 18.9. The summed E-state index contributed by atoms with van der Waals surface area (Å²) in [6.45, 7) is 1.35. The Morgan fingerprint density at radius 3 is 2.36 bits per heavy atom. The van der Waals surface area contributed by atoms with Gasteiger partial charge in [0, 0.05) is 13.0 Å². The van der Waals surface area contributed by atoms with E-state index in [4.69, 9.17) is 21.1 Å². The van der Waals surface area contributed by atoms with E-state index in [0.29, 0.717) is 11.4 Å². The Bertz CT molecular complexity index is 899. The molecule has 0 aliphatic heterocycles. The van der Waals surface area contributed by atoms with Crippen LogP contribution in [0, 0.1) is 0 Å². The lowest BCUT2D eigenvalue weighted by Gasteiger charge is -2.14. The van der Waals surface area contributed by atoms with Crippen LogP contribution in [0.1, 0.15) is 6.92 Å². The number of amides is 1. The van der Waals surface area contributed by atoms with Crippen molar-refractivity contribution in [1.82, 2.24) is 0 Å². The maximum atomic E-state index is 12.7. The van der Waals surface area contributed by atoms with E-state index in [1.54, 1.807) is 6.07 Å². The molecule has 0 aliphatic rings. The molecule has 134 valence electrons. The van der Waals surface area contributed by atoms with Crippen molar-refractivity contribution in [3.8, 4) is 11.5 Å². The van der Waals surface area contributed by atoms with E-state index in [9.17, 15) is 13.2 Å². The van der Waals surface area contributed by atoms with Gasteiger partial charge in [-0.15, -0.1) is 0 Å². The van der Waals surface area contributed by atoms with Crippen LogP contribution in [-0.4, -0.2) is 28.5 Å². The third kappa shape index (κ3) is 4.55. The van der Waals surface area contributed by atoms with Crippen LogP contribution in [0.25, 0.3) is 0 Å². The van der Waals surface area contributed by atoms with Gasteiger partial charge >= 0.3 is 0 Å². The molecular weight excluding hydrogens is 368 g/mol. The second-order valence-corrected chi connectivity index (χ2v) is 7.06. The first-order chi connectivity index (χ1) is 11.8. The highest BCUT2D eigenvalue weighted by Gasteiger charge is 2.21. The number of rotatable bonds is 6. The van der Waals surface area contributed by atoms with Crippen LogP contribution >= 0.6 is 11.6 Å². The normalized spacial score (nSPS) is 10.9. The Morgan fingerprint density at radius 2 is 1.80 bits per heavy atom. The number of hydrogen-bond donors (Lipinski definition) is 2. The number of halogens is 1. The number of benzene rings is 2. The van der Waals surface area contributed by atoms with Gasteiger partial charge in [0.2, 0.25) is 5.91 Å². The quantitative estimate of drug-likeness (QED) is 0.798. The van der Waals surface area contributed by atoms with Gasteiger partial charge in [-0.2, -0.15) is 0 Å². The van der Waals surface area contributed by atoms with Crippen molar-refractivity contribution in [2.75, 3.05) is 24.3 Å². The highest BCUT2D eigenvalue weighted by atomic mass is 35.5. The molecule has 0 unspecified atom stereocenters. The monoisotopic (exact) mass is 384 g/mol. The van der Waals surface area contributed by atoms with Gasteiger partial charge in [0.1, 0.15) is 16.4 Å². The van der Waals surface area contributed by atoms with Gasteiger partial charge in [-0.25, -0.2) is 8.42 Å². The number of sulfonamides is 1. The van der Waals surface area contributed by atoms with Crippen molar-refractivity contribution in [3.05, 3.63) is 41.4 Å². The van der Waals surface area contributed by atoms with Crippen molar-refractivity contribution < 1.29 is 22.7 Å². The molecule has 2 rings (SSSR count). The molecule has 0 bridgehead atoms. The summed E-state index contributed by atoms with van der Waals surface area (Å²) in [6.07, 6.45) is 0.